The third-order valence-corrected chi connectivity index (χ3v) is 6.95. The van der Waals surface area contributed by atoms with Crippen molar-refractivity contribution in [2.24, 2.45) is 0 Å². The first kappa shape index (κ1) is 19.5. The van der Waals surface area contributed by atoms with E-state index in [1.165, 1.54) is 6.07 Å². The molecule has 1 heterocycles. The van der Waals surface area contributed by atoms with Crippen LogP contribution in [-0.4, -0.2) is 6.71 Å². The molecule has 34 heavy (non-hydrogen) atoms. The molecule has 0 bridgehead atoms. The Bertz CT molecular complexity index is 1720. The minimum absolute atomic E-state index is 0.0335. The summed E-state index contributed by atoms with van der Waals surface area (Å²) in [4.78, 5) is 0. The van der Waals surface area contributed by atoms with Gasteiger partial charge in [-0.05, 0) is 50.7 Å². The molecule has 5 heteroatoms. The van der Waals surface area contributed by atoms with Gasteiger partial charge in [-0.3, -0.25) is 0 Å². The maximum Gasteiger partial charge on any atom is 0.417 e. The molecular weight excluding hydrogens is 432 g/mol. The zero-order chi connectivity index (χ0) is 23.0. The topological polar surface area (TPSA) is 9.23 Å². The number of hydrogen-bond acceptors (Lipinski definition) is 1. The molecule has 0 N–H and O–H groups in total. The quantitative estimate of drug-likeness (QED) is 0.214. The molecule has 0 fully saturated rings. The van der Waals surface area contributed by atoms with E-state index in [9.17, 15) is 13.2 Å². The lowest BCUT2D eigenvalue weighted by Crippen LogP contribution is -2.54. The molecule has 1 nitrogen and oxygen atoms in total. The van der Waals surface area contributed by atoms with E-state index in [0.29, 0.717) is 11.1 Å². The monoisotopic (exact) mass is 448 g/mol. The van der Waals surface area contributed by atoms with E-state index >= 15 is 0 Å². The van der Waals surface area contributed by atoms with Gasteiger partial charge in [0, 0.05) is 10.8 Å². The van der Waals surface area contributed by atoms with Gasteiger partial charge in [-0.1, -0.05) is 84.3 Å². The minimum atomic E-state index is -4.42. The molecule has 0 spiro atoms. The smallest absolute Gasteiger partial charge is 0.417 e. The molecule has 0 radical (unpaired) electrons. The van der Waals surface area contributed by atoms with E-state index in [-0.39, 0.29) is 12.1 Å². The predicted octanol–water partition coefficient (Wildman–Crippen LogP) is 6.22. The largest absolute Gasteiger partial charge is 0.458 e. The van der Waals surface area contributed by atoms with Gasteiger partial charge in [0.15, 0.2) is 0 Å². The summed E-state index contributed by atoms with van der Waals surface area (Å²) in [6.45, 7) is -0.0335. The van der Waals surface area contributed by atoms with Gasteiger partial charge in [0.25, 0.3) is 6.71 Å². The number of ether oxygens (including phenoxy) is 1. The zero-order valence-electron chi connectivity index (χ0n) is 17.9. The number of alkyl halides is 3. The lowest BCUT2D eigenvalue weighted by atomic mass is 9.35. The van der Waals surface area contributed by atoms with Crippen molar-refractivity contribution in [2.45, 2.75) is 6.18 Å². The lowest BCUT2D eigenvalue weighted by Gasteiger charge is -2.29. The molecule has 0 saturated carbocycles. The fourth-order valence-electron chi connectivity index (χ4n) is 5.54. The SMILES string of the molecule is FC(F)(F)c1ccc2ccc3c4c(cc5ccc1c2c53)B(c1ccccc1)c1ccccc1O4. The van der Waals surface area contributed by atoms with Crippen LogP contribution in [0.4, 0.5) is 13.2 Å². The standard InChI is InChI=1S/C29H16BF3O/c31-29(32,33)22-15-12-17-10-14-21-27-18(11-13-20(22)26(17)27)16-24-28(21)34-25-9-5-4-8-23(25)30(24)19-6-2-1-3-7-19/h1-16H. The van der Waals surface area contributed by atoms with Crippen molar-refractivity contribution in [2.75, 3.05) is 0 Å². The van der Waals surface area contributed by atoms with Gasteiger partial charge in [0.2, 0.25) is 0 Å². The molecule has 6 aromatic carbocycles. The summed E-state index contributed by atoms with van der Waals surface area (Å²) < 4.78 is 47.9. The summed E-state index contributed by atoms with van der Waals surface area (Å²) >= 11 is 0. The van der Waals surface area contributed by atoms with E-state index in [0.717, 1.165) is 43.7 Å². The van der Waals surface area contributed by atoms with Crippen molar-refractivity contribution >= 4 is 55.4 Å². The van der Waals surface area contributed by atoms with Crippen LogP contribution < -0.4 is 21.1 Å². The molecule has 0 saturated heterocycles. The maximum absolute atomic E-state index is 13.8. The number of fused-ring (bicyclic) bond motifs is 3. The van der Waals surface area contributed by atoms with Gasteiger partial charge < -0.3 is 4.74 Å². The predicted molar refractivity (Wildman–Crippen MR) is 133 cm³/mol. The maximum atomic E-state index is 13.8. The summed E-state index contributed by atoms with van der Waals surface area (Å²) in [5.74, 6) is 1.49. The lowest BCUT2D eigenvalue weighted by molar-refractivity contribution is -0.136. The van der Waals surface area contributed by atoms with E-state index in [1.54, 1.807) is 12.1 Å². The highest BCUT2D eigenvalue weighted by atomic mass is 19.4. The Balaban J connectivity index is 1.61. The molecule has 0 atom stereocenters. The van der Waals surface area contributed by atoms with Gasteiger partial charge in [0.1, 0.15) is 11.5 Å². The van der Waals surface area contributed by atoms with Crippen LogP contribution >= 0.6 is 0 Å². The van der Waals surface area contributed by atoms with Crippen molar-refractivity contribution < 1.29 is 17.9 Å². The van der Waals surface area contributed by atoms with Crippen molar-refractivity contribution in [1.29, 1.82) is 0 Å². The molecule has 6 aromatic rings. The van der Waals surface area contributed by atoms with E-state index < -0.39 is 11.7 Å². The summed E-state index contributed by atoms with van der Waals surface area (Å²) in [5, 5.41) is 4.20. The molecule has 0 aliphatic carbocycles. The van der Waals surface area contributed by atoms with Crippen LogP contribution in [0.15, 0.2) is 97.1 Å². The fraction of sp³-hybridized carbons (Fsp3) is 0.0345. The van der Waals surface area contributed by atoms with Gasteiger partial charge in [-0.15, -0.1) is 0 Å². The molecule has 162 valence electrons. The third kappa shape index (κ3) is 2.64. The molecule has 1 aliphatic rings. The second kappa shape index (κ2) is 6.77. The zero-order valence-corrected chi connectivity index (χ0v) is 17.9. The van der Waals surface area contributed by atoms with Crippen LogP contribution in [-0.2, 0) is 6.18 Å². The van der Waals surface area contributed by atoms with E-state index in [4.69, 9.17) is 4.74 Å². The summed E-state index contributed by atoms with van der Waals surface area (Å²) in [6, 6.07) is 30.3. The Labute approximate surface area is 193 Å². The Morgan fingerprint density at radius 3 is 2.12 bits per heavy atom. The molecule has 0 aromatic heterocycles. The Hall–Kier alpha value is -3.99. The van der Waals surface area contributed by atoms with Crippen LogP contribution in [0, 0.1) is 0 Å². The number of hydrogen-bond donors (Lipinski definition) is 0. The minimum Gasteiger partial charge on any atom is -0.458 e. The fourth-order valence-corrected chi connectivity index (χ4v) is 5.54. The summed E-state index contributed by atoms with van der Waals surface area (Å²) in [5.41, 5.74) is 2.63. The Kier molecular flexibility index (Phi) is 3.88. The molecule has 7 rings (SSSR count). The average molecular weight is 448 g/mol. The van der Waals surface area contributed by atoms with Crippen LogP contribution in [0.1, 0.15) is 5.56 Å². The third-order valence-electron chi connectivity index (χ3n) is 6.95. The van der Waals surface area contributed by atoms with Gasteiger partial charge in [0.05, 0.1) is 5.56 Å². The Morgan fingerprint density at radius 2 is 1.29 bits per heavy atom. The second-order valence-electron chi connectivity index (χ2n) is 8.81. The van der Waals surface area contributed by atoms with Crippen LogP contribution in [0.5, 0.6) is 11.5 Å². The van der Waals surface area contributed by atoms with Crippen molar-refractivity contribution in [3.63, 3.8) is 0 Å². The van der Waals surface area contributed by atoms with Gasteiger partial charge >= 0.3 is 6.18 Å². The molecular formula is C29H16BF3O. The van der Waals surface area contributed by atoms with Crippen molar-refractivity contribution in [1.82, 2.24) is 0 Å². The normalized spacial score (nSPS) is 13.3. The highest BCUT2D eigenvalue weighted by Gasteiger charge is 2.36. The number of benzene rings is 6. The summed E-state index contributed by atoms with van der Waals surface area (Å²) in [6.07, 6.45) is -4.42. The highest BCUT2D eigenvalue weighted by Crippen LogP contribution is 2.44. The van der Waals surface area contributed by atoms with Crippen molar-refractivity contribution in [3.05, 3.63) is 103 Å². The molecule has 0 amide bonds. The van der Waals surface area contributed by atoms with E-state index in [2.05, 4.69) is 24.3 Å². The van der Waals surface area contributed by atoms with E-state index in [1.807, 2.05) is 54.6 Å². The number of rotatable bonds is 1. The van der Waals surface area contributed by atoms with Gasteiger partial charge in [-0.2, -0.15) is 13.2 Å². The van der Waals surface area contributed by atoms with Crippen molar-refractivity contribution in [3.8, 4) is 11.5 Å². The van der Waals surface area contributed by atoms with Crippen LogP contribution in [0.3, 0.4) is 0 Å². The first-order valence-corrected chi connectivity index (χ1v) is 11.1. The first-order chi connectivity index (χ1) is 16.5. The Morgan fingerprint density at radius 1 is 0.618 bits per heavy atom. The van der Waals surface area contributed by atoms with Gasteiger partial charge in [-0.25, -0.2) is 0 Å². The highest BCUT2D eigenvalue weighted by molar-refractivity contribution is 6.97. The van der Waals surface area contributed by atoms with Crippen LogP contribution in [0.2, 0.25) is 0 Å². The average Bonchev–Trinajstić information content (AvgIpc) is 2.85. The number of para-hydroxylation sites is 1. The second-order valence-corrected chi connectivity index (χ2v) is 8.81. The van der Waals surface area contributed by atoms with Crippen LogP contribution in [0.25, 0.3) is 32.3 Å². The first-order valence-electron chi connectivity index (χ1n) is 11.1. The number of halogens is 3. The summed E-state index contributed by atoms with van der Waals surface area (Å²) in [7, 11) is 0. The molecule has 1 aliphatic heterocycles. The molecule has 0 unspecified atom stereocenters.